The molecule has 0 radical (unpaired) electrons. The summed E-state index contributed by atoms with van der Waals surface area (Å²) in [5, 5.41) is 18.2. The number of ether oxygens (including phenoxy) is 2. The van der Waals surface area contributed by atoms with Crippen molar-refractivity contribution in [3.05, 3.63) is 48.5 Å². The first-order valence-corrected chi connectivity index (χ1v) is 15.4. The monoisotopic (exact) mass is 636 g/mol. The number of hydrogen-bond acceptors (Lipinski definition) is 10. The van der Waals surface area contributed by atoms with Crippen molar-refractivity contribution in [2.24, 2.45) is 0 Å². The molecule has 0 aliphatic rings. The van der Waals surface area contributed by atoms with Crippen LogP contribution in [0.2, 0.25) is 0 Å². The van der Waals surface area contributed by atoms with E-state index in [0.717, 1.165) is 22.1 Å². The first-order chi connectivity index (χ1) is 21.6. The van der Waals surface area contributed by atoms with Gasteiger partial charge in [0.2, 0.25) is 0 Å². The van der Waals surface area contributed by atoms with E-state index in [2.05, 4.69) is 30.4 Å². The minimum Gasteiger partial charge on any atom is -0.444 e. The number of nitrogens with zero attached hydrogens (tertiary/aromatic N) is 10. The van der Waals surface area contributed by atoms with Crippen molar-refractivity contribution in [1.82, 2.24) is 49.6 Å². The van der Waals surface area contributed by atoms with E-state index in [4.69, 9.17) is 9.47 Å². The van der Waals surface area contributed by atoms with Crippen molar-refractivity contribution in [2.45, 2.75) is 65.1 Å². The Morgan fingerprint density at radius 1 is 0.630 bits per heavy atom. The van der Waals surface area contributed by atoms with Crippen molar-refractivity contribution in [3.8, 4) is 0 Å². The quantitative estimate of drug-likeness (QED) is 0.233. The molecular formula is C32H48N10O4. The Labute approximate surface area is 270 Å². The van der Waals surface area contributed by atoms with E-state index in [0.29, 0.717) is 26.2 Å². The molecule has 0 N–H and O–H groups in total. The lowest BCUT2D eigenvalue weighted by Gasteiger charge is -2.40. The molecule has 2 amide bonds. The molecule has 14 heteroatoms. The Balaban J connectivity index is 1.73. The van der Waals surface area contributed by atoms with E-state index in [1.807, 2.05) is 114 Å². The van der Waals surface area contributed by atoms with Gasteiger partial charge in [-0.05, 0) is 79.9 Å². The molecule has 2 aromatic carbocycles. The number of amides is 2. The molecule has 0 aliphatic heterocycles. The van der Waals surface area contributed by atoms with Crippen LogP contribution in [0.4, 0.5) is 9.59 Å². The first kappa shape index (κ1) is 34.6. The molecule has 0 aliphatic carbocycles. The van der Waals surface area contributed by atoms with Gasteiger partial charge in [0.1, 0.15) is 34.6 Å². The SMILES string of the molecule is CN(CCN(C)C(C(N(C)CCN(C)C(=O)OC(C)(C)C)n1nnc2ccccc21)n1nnc2ccccc21)C(=O)OC(C)(C)C. The van der Waals surface area contributed by atoms with Crippen LogP contribution in [-0.4, -0.2) is 127 Å². The second-order valence-corrected chi connectivity index (χ2v) is 13.6. The van der Waals surface area contributed by atoms with Gasteiger partial charge in [-0.25, -0.2) is 19.0 Å². The molecule has 4 rings (SSSR count). The lowest BCUT2D eigenvalue weighted by Crippen LogP contribution is -2.48. The van der Waals surface area contributed by atoms with Crippen LogP contribution in [0.3, 0.4) is 0 Å². The van der Waals surface area contributed by atoms with E-state index in [1.165, 1.54) is 0 Å². The van der Waals surface area contributed by atoms with Crippen LogP contribution in [-0.2, 0) is 9.47 Å². The van der Waals surface area contributed by atoms with Crippen molar-refractivity contribution in [3.63, 3.8) is 0 Å². The maximum atomic E-state index is 12.8. The topological polar surface area (TPSA) is 127 Å². The molecule has 14 nitrogen and oxygen atoms in total. The lowest BCUT2D eigenvalue weighted by atomic mass is 10.2. The third-order valence-electron chi connectivity index (χ3n) is 7.41. The highest BCUT2D eigenvalue weighted by Crippen LogP contribution is 2.32. The molecule has 250 valence electrons. The first-order valence-electron chi connectivity index (χ1n) is 15.4. The highest BCUT2D eigenvalue weighted by molar-refractivity contribution is 5.75. The molecule has 0 bridgehead atoms. The van der Waals surface area contributed by atoms with Gasteiger partial charge in [-0.3, -0.25) is 9.80 Å². The lowest BCUT2D eigenvalue weighted by molar-refractivity contribution is -0.00339. The summed E-state index contributed by atoms with van der Waals surface area (Å²) < 4.78 is 14.9. The minimum absolute atomic E-state index is 0.393. The molecule has 0 saturated heterocycles. The van der Waals surface area contributed by atoms with E-state index >= 15 is 0 Å². The van der Waals surface area contributed by atoms with E-state index in [9.17, 15) is 9.59 Å². The van der Waals surface area contributed by atoms with Crippen LogP contribution in [0.5, 0.6) is 0 Å². The van der Waals surface area contributed by atoms with Gasteiger partial charge in [0.15, 0.2) is 0 Å². The summed E-state index contributed by atoms with van der Waals surface area (Å²) in [4.78, 5) is 33.0. The Morgan fingerprint density at radius 3 is 1.33 bits per heavy atom. The van der Waals surface area contributed by atoms with Gasteiger partial charge in [0.25, 0.3) is 0 Å². The molecule has 2 unspecified atom stereocenters. The molecule has 46 heavy (non-hydrogen) atoms. The predicted molar refractivity (Wildman–Crippen MR) is 176 cm³/mol. The van der Waals surface area contributed by atoms with Crippen molar-refractivity contribution < 1.29 is 19.1 Å². The van der Waals surface area contributed by atoms with E-state index < -0.39 is 35.7 Å². The third-order valence-corrected chi connectivity index (χ3v) is 7.41. The molecule has 0 fully saturated rings. The second kappa shape index (κ2) is 14.0. The van der Waals surface area contributed by atoms with E-state index in [1.54, 1.807) is 23.9 Å². The molecule has 4 aromatic rings. The van der Waals surface area contributed by atoms with Gasteiger partial charge in [0.05, 0.1) is 11.0 Å². The number of likely N-dealkylation sites (N-methyl/N-ethyl adjacent to an activating group) is 4. The van der Waals surface area contributed by atoms with Crippen LogP contribution >= 0.6 is 0 Å². The number of fused-ring (bicyclic) bond motifs is 2. The summed E-state index contributed by atoms with van der Waals surface area (Å²) in [6.07, 6.45) is -1.74. The number of aromatic nitrogens is 6. The maximum absolute atomic E-state index is 12.8. The number of carbonyl (C=O) groups excluding carboxylic acids is 2. The van der Waals surface area contributed by atoms with Gasteiger partial charge in [-0.1, -0.05) is 34.7 Å². The number of benzene rings is 2. The Bertz CT molecular complexity index is 1500. The fourth-order valence-electron chi connectivity index (χ4n) is 4.99. The van der Waals surface area contributed by atoms with Crippen molar-refractivity contribution in [1.29, 1.82) is 0 Å². The Hall–Kier alpha value is -4.30. The zero-order valence-electron chi connectivity index (χ0n) is 28.7. The van der Waals surface area contributed by atoms with Crippen LogP contribution in [0.25, 0.3) is 22.1 Å². The van der Waals surface area contributed by atoms with Crippen LogP contribution in [0, 0.1) is 0 Å². The molecule has 2 aromatic heterocycles. The molecule has 0 saturated carbocycles. The summed E-state index contributed by atoms with van der Waals surface area (Å²) in [5.41, 5.74) is 1.98. The second-order valence-electron chi connectivity index (χ2n) is 13.6. The summed E-state index contributed by atoms with van der Waals surface area (Å²) >= 11 is 0. The maximum Gasteiger partial charge on any atom is 0.410 e. The van der Waals surface area contributed by atoms with E-state index in [-0.39, 0.29) is 0 Å². The average Bonchev–Trinajstić information content (AvgIpc) is 3.59. The largest absolute Gasteiger partial charge is 0.444 e. The standard InChI is InChI=1S/C32H48N10O4/c1-31(2,3)45-29(43)39(9)21-19-37(7)27(41-25-17-13-11-15-23(25)33-35-41)28(42-26-18-14-12-16-24(26)34-36-42)38(8)20-22-40(10)30(44)46-32(4,5)6/h11-18,27-28H,19-22H2,1-10H3. The van der Waals surface area contributed by atoms with Crippen LogP contribution in [0.15, 0.2) is 48.5 Å². The minimum atomic E-state index is -0.603. The van der Waals surface area contributed by atoms with Gasteiger partial charge in [-0.2, -0.15) is 0 Å². The summed E-state index contributed by atoms with van der Waals surface area (Å²) in [7, 11) is 7.42. The molecule has 2 atom stereocenters. The number of rotatable bonds is 11. The van der Waals surface area contributed by atoms with Crippen molar-refractivity contribution >= 4 is 34.3 Å². The normalized spacial score (nSPS) is 13.7. The zero-order chi connectivity index (χ0) is 33.8. The summed E-state index contributed by atoms with van der Waals surface area (Å²) in [6.45, 7) is 12.8. The van der Waals surface area contributed by atoms with Gasteiger partial charge in [-0.15, -0.1) is 10.2 Å². The highest BCUT2D eigenvalue weighted by atomic mass is 16.6. The number of para-hydroxylation sites is 2. The van der Waals surface area contributed by atoms with Crippen LogP contribution in [0.1, 0.15) is 53.9 Å². The zero-order valence-corrected chi connectivity index (χ0v) is 28.7. The highest BCUT2D eigenvalue weighted by Gasteiger charge is 2.36. The fourth-order valence-corrected chi connectivity index (χ4v) is 4.99. The molecule has 2 heterocycles. The Morgan fingerprint density at radius 2 is 0.978 bits per heavy atom. The van der Waals surface area contributed by atoms with Crippen molar-refractivity contribution in [2.75, 3.05) is 54.4 Å². The molecular weight excluding hydrogens is 588 g/mol. The summed E-state index contributed by atoms with van der Waals surface area (Å²) in [6, 6.07) is 15.6. The average molecular weight is 637 g/mol. The smallest absolute Gasteiger partial charge is 0.410 e. The number of carbonyl (C=O) groups is 2. The van der Waals surface area contributed by atoms with Gasteiger partial charge >= 0.3 is 12.2 Å². The predicted octanol–water partition coefficient (Wildman–Crippen LogP) is 4.47. The summed E-state index contributed by atoms with van der Waals surface area (Å²) in [5.74, 6) is 0. The van der Waals surface area contributed by atoms with Gasteiger partial charge in [0, 0.05) is 40.3 Å². The third kappa shape index (κ3) is 8.49. The molecule has 0 spiro atoms. The van der Waals surface area contributed by atoms with Crippen LogP contribution < -0.4 is 0 Å². The fraction of sp³-hybridized carbons (Fsp3) is 0.562. The number of hydrogen-bond donors (Lipinski definition) is 0. The Kier molecular flexibility index (Phi) is 10.5. The van der Waals surface area contributed by atoms with Gasteiger partial charge < -0.3 is 19.3 Å².